The molecule has 140 valence electrons. The average Bonchev–Trinajstić information content (AvgIpc) is 3.42. The number of rotatable bonds is 3. The van der Waals surface area contributed by atoms with Gasteiger partial charge in [0, 0.05) is 37.1 Å². The normalized spacial score (nSPS) is 15.2. The van der Waals surface area contributed by atoms with E-state index in [-0.39, 0.29) is 5.91 Å². The first-order chi connectivity index (χ1) is 13.8. The lowest BCUT2D eigenvalue weighted by Crippen LogP contribution is -2.38. The number of piperidine rings is 1. The Morgan fingerprint density at radius 2 is 1.86 bits per heavy atom. The molecule has 6 nitrogen and oxygen atoms in total. The lowest BCUT2D eigenvalue weighted by molar-refractivity contribution is 0.0707. The first-order valence-corrected chi connectivity index (χ1v) is 9.62. The van der Waals surface area contributed by atoms with Gasteiger partial charge in [-0.1, -0.05) is 18.2 Å². The Morgan fingerprint density at radius 1 is 1.04 bits per heavy atom. The highest BCUT2D eigenvalue weighted by molar-refractivity contribution is 5.92. The fourth-order valence-electron chi connectivity index (χ4n) is 4.03. The van der Waals surface area contributed by atoms with Crippen molar-refractivity contribution in [3.63, 3.8) is 0 Å². The molecule has 1 fully saturated rings. The molecule has 5 rings (SSSR count). The highest BCUT2D eigenvalue weighted by Crippen LogP contribution is 2.32. The number of hydrogen-bond donors (Lipinski definition) is 1. The van der Waals surface area contributed by atoms with Gasteiger partial charge in [-0.2, -0.15) is 5.10 Å². The van der Waals surface area contributed by atoms with E-state index >= 15 is 0 Å². The minimum absolute atomic E-state index is 0.00808. The lowest BCUT2D eigenvalue weighted by Gasteiger charge is -2.31. The second-order valence-corrected chi connectivity index (χ2v) is 7.19. The Bertz CT molecular complexity index is 1110. The third-order valence-electron chi connectivity index (χ3n) is 5.53. The third-order valence-corrected chi connectivity index (χ3v) is 5.53. The number of likely N-dealkylation sites (tertiary alicyclic amines) is 1. The van der Waals surface area contributed by atoms with E-state index in [0.29, 0.717) is 11.6 Å². The Balaban J connectivity index is 1.28. The van der Waals surface area contributed by atoms with Gasteiger partial charge in [-0.15, -0.1) is 0 Å². The number of aromatic nitrogens is 4. The highest BCUT2D eigenvalue weighted by Gasteiger charge is 2.27. The molecule has 1 aliphatic rings. The number of carbonyl (C=O) groups excluding carboxylic acids is 1. The van der Waals surface area contributed by atoms with Crippen LogP contribution >= 0.6 is 0 Å². The first kappa shape index (κ1) is 16.7. The van der Waals surface area contributed by atoms with Gasteiger partial charge in [0.1, 0.15) is 5.65 Å². The van der Waals surface area contributed by atoms with Gasteiger partial charge in [0.25, 0.3) is 5.91 Å². The maximum atomic E-state index is 12.9. The van der Waals surface area contributed by atoms with Crippen molar-refractivity contribution in [1.29, 1.82) is 0 Å². The predicted octanol–water partition coefficient (Wildman–Crippen LogP) is 3.77. The Labute approximate surface area is 162 Å². The van der Waals surface area contributed by atoms with Crippen molar-refractivity contribution in [2.24, 2.45) is 0 Å². The zero-order valence-electron chi connectivity index (χ0n) is 15.5. The predicted molar refractivity (Wildman–Crippen MR) is 108 cm³/mol. The van der Waals surface area contributed by atoms with Crippen LogP contribution in [0.2, 0.25) is 0 Å². The average molecular weight is 371 g/mol. The van der Waals surface area contributed by atoms with Gasteiger partial charge in [-0.25, -0.2) is 9.67 Å². The number of aromatic amines is 1. The maximum Gasteiger partial charge on any atom is 0.274 e. The molecule has 4 heterocycles. The molecule has 6 heteroatoms. The van der Waals surface area contributed by atoms with E-state index in [1.165, 1.54) is 10.9 Å². The molecular formula is C22H21N5O. The second kappa shape index (κ2) is 6.96. The van der Waals surface area contributed by atoms with Crippen molar-refractivity contribution < 1.29 is 4.79 Å². The summed E-state index contributed by atoms with van der Waals surface area (Å²) in [6.45, 7) is 1.49. The van der Waals surface area contributed by atoms with Crippen molar-refractivity contribution in [3.8, 4) is 5.69 Å². The van der Waals surface area contributed by atoms with Crippen molar-refractivity contribution >= 4 is 16.9 Å². The van der Waals surface area contributed by atoms with Crippen LogP contribution in [0.4, 0.5) is 0 Å². The van der Waals surface area contributed by atoms with E-state index in [4.69, 9.17) is 0 Å². The zero-order chi connectivity index (χ0) is 18.9. The molecule has 1 saturated heterocycles. The van der Waals surface area contributed by atoms with Crippen LogP contribution in [0.5, 0.6) is 0 Å². The van der Waals surface area contributed by atoms with E-state index in [1.807, 2.05) is 47.5 Å². The topological polar surface area (TPSA) is 66.8 Å². The smallest absolute Gasteiger partial charge is 0.274 e. The summed E-state index contributed by atoms with van der Waals surface area (Å²) in [6.07, 6.45) is 7.62. The molecule has 28 heavy (non-hydrogen) atoms. The molecule has 0 radical (unpaired) electrons. The van der Waals surface area contributed by atoms with Crippen LogP contribution < -0.4 is 0 Å². The van der Waals surface area contributed by atoms with Crippen molar-refractivity contribution in [3.05, 3.63) is 78.4 Å². The maximum absolute atomic E-state index is 12.9. The molecule has 3 aromatic heterocycles. The largest absolute Gasteiger partial charge is 0.346 e. The zero-order valence-corrected chi connectivity index (χ0v) is 15.5. The molecule has 0 aliphatic carbocycles. The Hall–Kier alpha value is -3.41. The number of hydrogen-bond acceptors (Lipinski definition) is 3. The number of benzene rings is 1. The summed E-state index contributed by atoms with van der Waals surface area (Å²) in [5.41, 5.74) is 3.69. The fraction of sp³-hybridized carbons (Fsp3) is 0.227. The van der Waals surface area contributed by atoms with Crippen LogP contribution in [0, 0.1) is 0 Å². The summed E-state index contributed by atoms with van der Waals surface area (Å²) in [6, 6.07) is 15.7. The number of nitrogens with one attached hydrogen (secondary N) is 1. The number of fused-ring (bicyclic) bond motifs is 1. The van der Waals surface area contributed by atoms with Gasteiger partial charge in [0.15, 0.2) is 5.69 Å². The van der Waals surface area contributed by atoms with Crippen LogP contribution in [-0.2, 0) is 0 Å². The quantitative estimate of drug-likeness (QED) is 0.596. The standard InChI is InChI=1S/C22H21N5O/c28-22(20-10-14-27(25-20)17-5-2-1-3-6-17)26-12-8-16(9-13-26)19-15-24-21-18(19)7-4-11-23-21/h1-7,10-11,14-16H,8-9,12-13H2,(H,23,24). The van der Waals surface area contributed by atoms with E-state index in [0.717, 1.165) is 37.3 Å². The van der Waals surface area contributed by atoms with E-state index < -0.39 is 0 Å². The van der Waals surface area contributed by atoms with Crippen LogP contribution in [-0.4, -0.2) is 43.6 Å². The molecule has 0 saturated carbocycles. The van der Waals surface area contributed by atoms with E-state index in [9.17, 15) is 4.79 Å². The van der Waals surface area contributed by atoms with Gasteiger partial charge in [0.05, 0.1) is 5.69 Å². The number of para-hydroxylation sites is 1. The third kappa shape index (κ3) is 2.97. The summed E-state index contributed by atoms with van der Waals surface area (Å²) in [7, 11) is 0. The van der Waals surface area contributed by atoms with Crippen molar-refractivity contribution in [1.82, 2.24) is 24.6 Å². The molecule has 0 spiro atoms. The monoisotopic (exact) mass is 371 g/mol. The van der Waals surface area contributed by atoms with Gasteiger partial charge in [0.2, 0.25) is 0 Å². The van der Waals surface area contributed by atoms with E-state index in [1.54, 1.807) is 16.9 Å². The summed E-state index contributed by atoms with van der Waals surface area (Å²) >= 11 is 0. The van der Waals surface area contributed by atoms with Crippen LogP contribution in [0.3, 0.4) is 0 Å². The van der Waals surface area contributed by atoms with Crippen LogP contribution in [0.1, 0.15) is 34.8 Å². The number of pyridine rings is 1. The number of nitrogens with zero attached hydrogens (tertiary/aromatic N) is 4. The van der Waals surface area contributed by atoms with Crippen molar-refractivity contribution in [2.75, 3.05) is 13.1 Å². The molecule has 1 aromatic carbocycles. The molecule has 0 atom stereocenters. The second-order valence-electron chi connectivity index (χ2n) is 7.19. The summed E-state index contributed by atoms with van der Waals surface area (Å²) < 4.78 is 1.75. The number of H-pyrrole nitrogens is 1. The van der Waals surface area contributed by atoms with Gasteiger partial charge < -0.3 is 9.88 Å². The van der Waals surface area contributed by atoms with Crippen LogP contribution in [0.15, 0.2) is 67.1 Å². The summed E-state index contributed by atoms with van der Waals surface area (Å²) in [5, 5.41) is 5.67. The van der Waals surface area contributed by atoms with E-state index in [2.05, 4.69) is 27.3 Å². The molecule has 0 unspecified atom stereocenters. The first-order valence-electron chi connectivity index (χ1n) is 9.62. The van der Waals surface area contributed by atoms with Crippen LogP contribution in [0.25, 0.3) is 16.7 Å². The lowest BCUT2D eigenvalue weighted by atomic mass is 9.89. The van der Waals surface area contributed by atoms with Gasteiger partial charge >= 0.3 is 0 Å². The highest BCUT2D eigenvalue weighted by atomic mass is 16.2. The summed E-state index contributed by atoms with van der Waals surface area (Å²) in [5.74, 6) is 0.456. The molecule has 4 aromatic rings. The molecule has 1 aliphatic heterocycles. The van der Waals surface area contributed by atoms with Gasteiger partial charge in [-0.05, 0) is 54.7 Å². The minimum atomic E-state index is 0.00808. The molecule has 1 N–H and O–H groups in total. The molecular weight excluding hydrogens is 350 g/mol. The fourth-order valence-corrected chi connectivity index (χ4v) is 4.03. The number of carbonyl (C=O) groups is 1. The summed E-state index contributed by atoms with van der Waals surface area (Å²) in [4.78, 5) is 22.4. The Kier molecular flexibility index (Phi) is 4.16. The van der Waals surface area contributed by atoms with Gasteiger partial charge in [-0.3, -0.25) is 4.79 Å². The number of amides is 1. The molecule has 0 bridgehead atoms. The molecule has 1 amide bonds. The SMILES string of the molecule is O=C(c1ccn(-c2ccccc2)n1)N1CCC(c2c[nH]c3ncccc23)CC1. The minimum Gasteiger partial charge on any atom is -0.346 e. The Morgan fingerprint density at radius 3 is 2.68 bits per heavy atom. The van der Waals surface area contributed by atoms with Crippen molar-refractivity contribution in [2.45, 2.75) is 18.8 Å².